The summed E-state index contributed by atoms with van der Waals surface area (Å²) in [6.45, 7) is 4.89. The highest BCUT2D eigenvalue weighted by atomic mass is 32.2. The molecule has 120 valence electrons. The van der Waals surface area contributed by atoms with Gasteiger partial charge >= 0.3 is 0 Å². The Kier molecular flexibility index (Phi) is 5.02. The zero-order valence-corrected chi connectivity index (χ0v) is 13.4. The number of hydrazone groups is 1. The Labute approximate surface area is 130 Å². The van der Waals surface area contributed by atoms with E-state index in [-0.39, 0.29) is 22.5 Å². The number of aromatic hydroxyl groups is 1. The molecule has 1 heterocycles. The first-order valence-electron chi connectivity index (χ1n) is 7.14. The summed E-state index contributed by atoms with van der Waals surface area (Å²) >= 11 is 0. The Morgan fingerprint density at radius 1 is 1.50 bits per heavy atom. The minimum Gasteiger partial charge on any atom is -0.508 e. The third-order valence-electron chi connectivity index (χ3n) is 3.25. The minimum absolute atomic E-state index is 0.0217. The Balaban J connectivity index is 2.21. The molecule has 1 aromatic carbocycles. The van der Waals surface area contributed by atoms with Gasteiger partial charge in [0.2, 0.25) is 5.96 Å². The highest BCUT2D eigenvalue weighted by molar-refractivity contribution is 7.90. The number of phenolic OH excluding ortho intramolecular Hbond substituents is 1. The molecule has 0 amide bonds. The van der Waals surface area contributed by atoms with Gasteiger partial charge in [-0.15, -0.1) is 0 Å². The molecule has 1 atom stereocenters. The summed E-state index contributed by atoms with van der Waals surface area (Å²) in [7, 11) is -3.82. The van der Waals surface area contributed by atoms with Gasteiger partial charge in [0, 0.05) is 24.7 Å². The molecule has 1 unspecified atom stereocenters. The van der Waals surface area contributed by atoms with Crippen LogP contribution in [0.3, 0.4) is 0 Å². The first-order chi connectivity index (χ1) is 10.5. The van der Waals surface area contributed by atoms with Gasteiger partial charge in [0.1, 0.15) is 5.75 Å². The summed E-state index contributed by atoms with van der Waals surface area (Å²) in [6.07, 6.45) is 2.73. The van der Waals surface area contributed by atoms with Crippen molar-refractivity contribution in [2.45, 2.75) is 25.2 Å². The lowest BCUT2D eigenvalue weighted by Gasteiger charge is -2.19. The lowest BCUT2D eigenvalue weighted by molar-refractivity contribution is 0.429. The highest BCUT2D eigenvalue weighted by Crippen LogP contribution is 2.17. The maximum absolute atomic E-state index is 12.4. The van der Waals surface area contributed by atoms with Crippen molar-refractivity contribution in [1.29, 1.82) is 0 Å². The first-order valence-corrected chi connectivity index (χ1v) is 8.62. The molecule has 0 fully saturated rings. The Bertz CT molecular complexity index is 685. The van der Waals surface area contributed by atoms with Crippen molar-refractivity contribution in [3.63, 3.8) is 0 Å². The van der Waals surface area contributed by atoms with E-state index in [1.165, 1.54) is 24.3 Å². The summed E-state index contributed by atoms with van der Waals surface area (Å²) in [5.74, 6) is 0.368. The zero-order chi connectivity index (χ0) is 16.2. The van der Waals surface area contributed by atoms with Gasteiger partial charge in [0.15, 0.2) is 0 Å². The monoisotopic (exact) mass is 324 g/mol. The third kappa shape index (κ3) is 3.76. The number of nitrogens with zero attached hydrogens (tertiary/aromatic N) is 3. The molecule has 1 aromatic rings. The van der Waals surface area contributed by atoms with Crippen LogP contribution in [-0.2, 0) is 10.0 Å². The lowest BCUT2D eigenvalue weighted by atomic mass is 10.1. The van der Waals surface area contributed by atoms with Crippen LogP contribution in [0.2, 0.25) is 0 Å². The van der Waals surface area contributed by atoms with Crippen LogP contribution in [0.15, 0.2) is 39.3 Å². The molecule has 0 spiro atoms. The summed E-state index contributed by atoms with van der Waals surface area (Å²) in [6, 6.07) is 5.49. The van der Waals surface area contributed by atoms with Crippen molar-refractivity contribution in [2.75, 3.05) is 13.1 Å². The van der Waals surface area contributed by atoms with E-state index < -0.39 is 10.0 Å². The summed E-state index contributed by atoms with van der Waals surface area (Å²) in [5, 5.41) is 15.2. The molecule has 7 nitrogen and oxygen atoms in total. The molecule has 0 saturated heterocycles. The molecule has 2 N–H and O–H groups in total. The maximum atomic E-state index is 12.4. The predicted octanol–water partition coefficient (Wildman–Crippen LogP) is 1.37. The van der Waals surface area contributed by atoms with Crippen molar-refractivity contribution >= 4 is 22.2 Å². The van der Waals surface area contributed by atoms with Crippen LogP contribution >= 0.6 is 0 Å². The summed E-state index contributed by atoms with van der Waals surface area (Å²) < 4.78 is 27.2. The van der Waals surface area contributed by atoms with Crippen molar-refractivity contribution < 1.29 is 13.5 Å². The fraction of sp³-hybridized carbons (Fsp3) is 0.429. The number of rotatable bonds is 4. The molecule has 0 aromatic heterocycles. The van der Waals surface area contributed by atoms with Gasteiger partial charge in [-0.1, -0.05) is 13.0 Å². The maximum Gasteiger partial charge on any atom is 0.264 e. The van der Waals surface area contributed by atoms with Crippen LogP contribution in [0.25, 0.3) is 0 Å². The number of sulfonamides is 1. The topological polar surface area (TPSA) is 94.4 Å². The van der Waals surface area contributed by atoms with E-state index in [0.717, 1.165) is 6.42 Å². The van der Waals surface area contributed by atoms with Gasteiger partial charge < -0.3 is 5.11 Å². The smallest absolute Gasteiger partial charge is 0.264 e. The first kappa shape index (κ1) is 16.3. The van der Waals surface area contributed by atoms with Gasteiger partial charge in [-0.05, 0) is 25.5 Å². The van der Waals surface area contributed by atoms with Crippen molar-refractivity contribution in [3.8, 4) is 5.75 Å². The molecule has 22 heavy (non-hydrogen) atoms. The van der Waals surface area contributed by atoms with Crippen molar-refractivity contribution in [1.82, 2.24) is 9.73 Å². The molecular formula is C14H20N4O3S. The fourth-order valence-corrected chi connectivity index (χ4v) is 3.07. The van der Waals surface area contributed by atoms with Gasteiger partial charge in [-0.25, -0.2) is 18.1 Å². The van der Waals surface area contributed by atoms with Gasteiger partial charge in [-0.2, -0.15) is 5.10 Å². The number of guanidine groups is 1. The second-order valence-electron chi connectivity index (χ2n) is 4.92. The zero-order valence-electron chi connectivity index (χ0n) is 12.6. The summed E-state index contributed by atoms with van der Waals surface area (Å²) in [5.41, 5.74) is 0. The predicted molar refractivity (Wildman–Crippen MR) is 85.4 cm³/mol. The van der Waals surface area contributed by atoms with Crippen LogP contribution in [0.4, 0.5) is 0 Å². The minimum atomic E-state index is -3.82. The molecule has 0 radical (unpaired) electrons. The quantitative estimate of drug-likeness (QED) is 0.646. The van der Waals surface area contributed by atoms with Gasteiger partial charge in [0.25, 0.3) is 10.0 Å². The molecule has 0 bridgehead atoms. The van der Waals surface area contributed by atoms with E-state index in [9.17, 15) is 13.5 Å². The number of aliphatic imine (C=N–C) groups is 1. The van der Waals surface area contributed by atoms with Crippen molar-refractivity contribution in [3.05, 3.63) is 24.3 Å². The normalized spacial score (nSPS) is 18.7. The van der Waals surface area contributed by atoms with E-state index in [1.807, 2.05) is 13.8 Å². The number of nitrogens with one attached hydrogen (secondary N) is 1. The van der Waals surface area contributed by atoms with Crippen molar-refractivity contribution in [2.24, 2.45) is 16.0 Å². The van der Waals surface area contributed by atoms with Crippen LogP contribution in [0.1, 0.15) is 20.3 Å². The fourth-order valence-electron chi connectivity index (χ4n) is 2.01. The molecule has 0 aliphatic carbocycles. The standard InChI is InChI=1S/C14H20N4O3S/c1-3-11-9-16-18(10-11)14(15-4-2)17-22(20,21)13-7-5-6-12(19)8-13/h5-9,11,19H,3-4,10H2,1-2H3,(H,15,17). The van der Waals surface area contributed by atoms with Crippen LogP contribution in [-0.4, -0.2) is 43.8 Å². The largest absolute Gasteiger partial charge is 0.508 e. The van der Waals surface area contributed by atoms with Crippen LogP contribution in [0.5, 0.6) is 5.75 Å². The van der Waals surface area contributed by atoms with Gasteiger partial charge in [-0.3, -0.25) is 4.99 Å². The lowest BCUT2D eigenvalue weighted by Crippen LogP contribution is -2.41. The second-order valence-corrected chi connectivity index (χ2v) is 6.60. The number of phenols is 1. The highest BCUT2D eigenvalue weighted by Gasteiger charge is 2.24. The SMILES string of the molecule is CCN=C(NS(=O)(=O)c1cccc(O)c1)N1CC(CC)C=N1. The molecule has 1 aliphatic heterocycles. The average Bonchev–Trinajstić information content (AvgIpc) is 2.95. The van der Waals surface area contributed by atoms with E-state index in [0.29, 0.717) is 13.1 Å². The Morgan fingerprint density at radius 3 is 2.86 bits per heavy atom. The molecule has 8 heteroatoms. The Morgan fingerprint density at radius 2 is 2.27 bits per heavy atom. The van der Waals surface area contributed by atoms with Gasteiger partial charge in [0.05, 0.1) is 11.4 Å². The van der Waals surface area contributed by atoms with E-state index in [2.05, 4.69) is 14.8 Å². The molecular weight excluding hydrogens is 304 g/mol. The second kappa shape index (κ2) is 6.78. The van der Waals surface area contributed by atoms with E-state index in [4.69, 9.17) is 0 Å². The van der Waals surface area contributed by atoms with Crippen LogP contribution in [0, 0.1) is 5.92 Å². The molecule has 2 rings (SSSR count). The van der Waals surface area contributed by atoms with E-state index in [1.54, 1.807) is 11.2 Å². The number of benzene rings is 1. The molecule has 0 saturated carbocycles. The average molecular weight is 324 g/mol. The number of hydrogen-bond acceptors (Lipinski definition) is 5. The third-order valence-corrected chi connectivity index (χ3v) is 4.58. The number of hydrogen-bond donors (Lipinski definition) is 2. The summed E-state index contributed by atoms with van der Waals surface area (Å²) in [4.78, 5) is 4.16. The van der Waals surface area contributed by atoms with E-state index >= 15 is 0 Å². The Hall–Kier alpha value is -2.09. The van der Waals surface area contributed by atoms with Crippen LogP contribution < -0.4 is 4.72 Å². The molecule has 1 aliphatic rings.